The maximum atomic E-state index is 13.2. The van der Waals surface area contributed by atoms with Crippen molar-refractivity contribution in [3.63, 3.8) is 0 Å². The van der Waals surface area contributed by atoms with Crippen molar-refractivity contribution in [2.75, 3.05) is 6.61 Å². The zero-order valence-corrected chi connectivity index (χ0v) is 18.7. The number of alkyl halides is 2. The SMILES string of the molecule is CC(F)(F)c1ccc(CNC(=O)C23CC(NC(=O)COc4ccc(Cl)c(Cl)c4)(C2)C3)cn1. The molecule has 2 N–H and O–H groups in total. The summed E-state index contributed by atoms with van der Waals surface area (Å²) in [5, 5.41) is 6.52. The van der Waals surface area contributed by atoms with Crippen LogP contribution in [-0.4, -0.2) is 28.9 Å². The summed E-state index contributed by atoms with van der Waals surface area (Å²) in [7, 11) is 0. The van der Waals surface area contributed by atoms with Gasteiger partial charge in [-0.1, -0.05) is 29.3 Å². The van der Waals surface area contributed by atoms with Crippen LogP contribution in [0.3, 0.4) is 0 Å². The first-order valence-corrected chi connectivity index (χ1v) is 10.8. The van der Waals surface area contributed by atoms with E-state index in [0.29, 0.717) is 40.6 Å². The molecule has 3 aliphatic rings. The molecule has 1 aromatic heterocycles. The highest BCUT2D eigenvalue weighted by Crippen LogP contribution is 2.67. The molecule has 1 aromatic carbocycles. The van der Waals surface area contributed by atoms with Gasteiger partial charge in [-0.15, -0.1) is 0 Å². The molecule has 6 nitrogen and oxygen atoms in total. The first-order valence-electron chi connectivity index (χ1n) is 10.0. The maximum Gasteiger partial charge on any atom is 0.286 e. The second kappa shape index (κ2) is 8.15. The molecule has 2 amide bonds. The summed E-state index contributed by atoms with van der Waals surface area (Å²) in [6, 6.07) is 7.53. The first-order chi connectivity index (χ1) is 15.0. The Bertz CT molecular complexity index is 1040. The molecule has 0 spiro atoms. The largest absolute Gasteiger partial charge is 0.484 e. The van der Waals surface area contributed by atoms with Gasteiger partial charge in [0.15, 0.2) is 6.61 Å². The molecule has 0 unspecified atom stereocenters. The van der Waals surface area contributed by atoms with E-state index in [1.54, 1.807) is 12.1 Å². The molecule has 3 fully saturated rings. The van der Waals surface area contributed by atoms with Gasteiger partial charge < -0.3 is 15.4 Å². The molecule has 32 heavy (non-hydrogen) atoms. The van der Waals surface area contributed by atoms with Crippen molar-refractivity contribution in [3.8, 4) is 5.75 Å². The Kier molecular flexibility index (Phi) is 5.79. The van der Waals surface area contributed by atoms with Gasteiger partial charge in [0, 0.05) is 31.3 Å². The molecular weight excluding hydrogens is 463 g/mol. The maximum absolute atomic E-state index is 13.2. The molecule has 3 aliphatic carbocycles. The lowest BCUT2D eigenvalue weighted by molar-refractivity contribution is -0.184. The van der Waals surface area contributed by atoms with Crippen molar-refractivity contribution < 1.29 is 23.1 Å². The quantitative estimate of drug-likeness (QED) is 0.588. The van der Waals surface area contributed by atoms with Crippen LogP contribution in [-0.2, 0) is 22.1 Å². The van der Waals surface area contributed by atoms with E-state index >= 15 is 0 Å². The van der Waals surface area contributed by atoms with Crippen LogP contribution < -0.4 is 15.4 Å². The van der Waals surface area contributed by atoms with Gasteiger partial charge in [-0.05, 0) is 43.0 Å². The van der Waals surface area contributed by atoms with Gasteiger partial charge in [0.2, 0.25) is 5.91 Å². The van der Waals surface area contributed by atoms with E-state index in [4.69, 9.17) is 27.9 Å². The minimum Gasteiger partial charge on any atom is -0.484 e. The lowest BCUT2D eigenvalue weighted by Gasteiger charge is -2.69. The Morgan fingerprint density at radius 2 is 1.88 bits per heavy atom. The Morgan fingerprint density at radius 3 is 2.47 bits per heavy atom. The highest BCUT2D eigenvalue weighted by molar-refractivity contribution is 6.42. The second-order valence-corrected chi connectivity index (χ2v) is 9.44. The van der Waals surface area contributed by atoms with Crippen LogP contribution in [0, 0.1) is 5.41 Å². The number of ether oxygens (including phenoxy) is 1. The number of halogens is 4. The fraction of sp³-hybridized carbons (Fsp3) is 0.409. The number of hydrogen-bond acceptors (Lipinski definition) is 4. The van der Waals surface area contributed by atoms with E-state index in [-0.39, 0.29) is 36.2 Å². The molecule has 1 heterocycles. The smallest absolute Gasteiger partial charge is 0.286 e. The van der Waals surface area contributed by atoms with Crippen molar-refractivity contribution in [2.24, 2.45) is 5.41 Å². The Morgan fingerprint density at radius 1 is 1.16 bits per heavy atom. The average molecular weight is 484 g/mol. The van der Waals surface area contributed by atoms with Crippen molar-refractivity contribution in [2.45, 2.75) is 44.2 Å². The number of nitrogens with zero attached hydrogens (tertiary/aromatic N) is 1. The molecule has 2 bridgehead atoms. The number of carbonyl (C=O) groups excluding carboxylic acids is 2. The van der Waals surface area contributed by atoms with Crippen molar-refractivity contribution in [3.05, 3.63) is 57.8 Å². The highest BCUT2D eigenvalue weighted by atomic mass is 35.5. The van der Waals surface area contributed by atoms with Gasteiger partial charge in [0.1, 0.15) is 11.4 Å². The normalized spacial score (nSPS) is 23.5. The van der Waals surface area contributed by atoms with Gasteiger partial charge >= 0.3 is 0 Å². The molecule has 0 saturated heterocycles. The molecule has 0 atom stereocenters. The lowest BCUT2D eigenvalue weighted by Crippen LogP contribution is -2.78. The van der Waals surface area contributed by atoms with Crippen molar-refractivity contribution in [1.82, 2.24) is 15.6 Å². The van der Waals surface area contributed by atoms with Crippen LogP contribution in [0.5, 0.6) is 5.75 Å². The monoisotopic (exact) mass is 483 g/mol. The summed E-state index contributed by atoms with van der Waals surface area (Å²) >= 11 is 11.8. The third-order valence-corrected chi connectivity index (χ3v) is 6.64. The number of hydrogen-bond donors (Lipinski definition) is 2. The van der Waals surface area contributed by atoms with Gasteiger partial charge in [-0.2, -0.15) is 8.78 Å². The topological polar surface area (TPSA) is 80.3 Å². The number of benzene rings is 1. The van der Waals surface area contributed by atoms with E-state index in [0.717, 1.165) is 6.92 Å². The summed E-state index contributed by atoms with van der Waals surface area (Å²) in [6.07, 6.45) is 3.02. The third-order valence-electron chi connectivity index (χ3n) is 5.91. The number of amides is 2. The summed E-state index contributed by atoms with van der Waals surface area (Å²) in [5.74, 6) is -2.94. The molecular formula is C22H21Cl2F2N3O3. The van der Waals surface area contributed by atoms with Gasteiger partial charge in [-0.25, -0.2) is 0 Å². The zero-order valence-electron chi connectivity index (χ0n) is 17.2. The average Bonchev–Trinajstić information content (AvgIpc) is 2.68. The van der Waals surface area contributed by atoms with Crippen LogP contribution in [0.2, 0.25) is 10.0 Å². The Hall–Kier alpha value is -2.45. The number of pyridine rings is 1. The molecule has 5 rings (SSSR count). The second-order valence-electron chi connectivity index (χ2n) is 8.63. The highest BCUT2D eigenvalue weighted by Gasteiger charge is 2.72. The molecule has 10 heteroatoms. The van der Waals surface area contributed by atoms with Crippen molar-refractivity contribution >= 4 is 35.0 Å². The minimum absolute atomic E-state index is 0.106. The summed E-state index contributed by atoms with van der Waals surface area (Å²) < 4.78 is 31.9. The molecule has 0 radical (unpaired) electrons. The van der Waals surface area contributed by atoms with Gasteiger partial charge in [0.05, 0.1) is 15.5 Å². The van der Waals surface area contributed by atoms with E-state index in [1.165, 1.54) is 24.4 Å². The minimum atomic E-state index is -3.00. The molecule has 0 aliphatic heterocycles. The molecule has 170 valence electrons. The Labute approximate surface area is 193 Å². The van der Waals surface area contributed by atoms with E-state index in [2.05, 4.69) is 15.6 Å². The van der Waals surface area contributed by atoms with Gasteiger partial charge in [-0.3, -0.25) is 14.6 Å². The number of carbonyl (C=O) groups is 2. The number of rotatable bonds is 8. The summed E-state index contributed by atoms with van der Waals surface area (Å²) in [6.45, 7) is 0.826. The van der Waals surface area contributed by atoms with Crippen LogP contribution >= 0.6 is 23.2 Å². The van der Waals surface area contributed by atoms with E-state index in [1.807, 2.05) is 0 Å². The fourth-order valence-electron chi connectivity index (χ4n) is 4.37. The van der Waals surface area contributed by atoms with Crippen molar-refractivity contribution in [1.29, 1.82) is 0 Å². The summed E-state index contributed by atoms with van der Waals surface area (Å²) in [4.78, 5) is 28.6. The predicted molar refractivity (Wildman–Crippen MR) is 115 cm³/mol. The first kappa shape index (κ1) is 22.7. The molecule has 3 saturated carbocycles. The Balaban J connectivity index is 1.20. The number of nitrogens with one attached hydrogen (secondary N) is 2. The van der Waals surface area contributed by atoms with Crippen LogP contribution in [0.15, 0.2) is 36.5 Å². The van der Waals surface area contributed by atoms with Crippen LogP contribution in [0.4, 0.5) is 8.78 Å². The third kappa shape index (κ3) is 4.52. The summed E-state index contributed by atoms with van der Waals surface area (Å²) in [5.41, 5.74) is -0.527. The standard InChI is InChI=1S/C22H21Cl2F2N3O3/c1-20(25,26)17-5-2-13(7-27-17)8-28-19(31)21-10-22(11-21,12-21)29-18(30)9-32-14-3-4-15(23)16(24)6-14/h2-7H,8-12H2,1H3,(H,28,31)(H,29,30). The van der Waals surface area contributed by atoms with Crippen LogP contribution in [0.25, 0.3) is 0 Å². The predicted octanol–water partition coefficient (Wildman–Crippen LogP) is 4.23. The van der Waals surface area contributed by atoms with E-state index in [9.17, 15) is 18.4 Å². The lowest BCUT2D eigenvalue weighted by atomic mass is 9.39. The number of aromatic nitrogens is 1. The van der Waals surface area contributed by atoms with Crippen LogP contribution in [0.1, 0.15) is 37.4 Å². The zero-order chi connectivity index (χ0) is 23.1. The molecule has 2 aromatic rings. The van der Waals surface area contributed by atoms with Gasteiger partial charge in [0.25, 0.3) is 11.8 Å². The fourth-order valence-corrected chi connectivity index (χ4v) is 4.66. The van der Waals surface area contributed by atoms with E-state index < -0.39 is 11.3 Å².